The fourth-order valence-electron chi connectivity index (χ4n) is 0.898. The van der Waals surface area contributed by atoms with Crippen LogP contribution in [-0.2, 0) is 10.0 Å². The first-order valence-corrected chi connectivity index (χ1v) is 5.53. The van der Waals surface area contributed by atoms with Crippen molar-refractivity contribution in [3.63, 3.8) is 0 Å². The van der Waals surface area contributed by atoms with Crippen LogP contribution in [-0.4, -0.2) is 21.0 Å². The summed E-state index contributed by atoms with van der Waals surface area (Å²) in [5.41, 5.74) is 4.90. The fourth-order valence-corrected chi connectivity index (χ4v) is 2.01. The maximum atomic E-state index is 12.0. The van der Waals surface area contributed by atoms with Crippen molar-refractivity contribution in [2.24, 2.45) is 5.73 Å². The molecule has 0 aliphatic carbocycles. The van der Waals surface area contributed by atoms with Crippen LogP contribution >= 0.6 is 0 Å². The predicted molar refractivity (Wildman–Crippen MR) is 50.7 cm³/mol. The third kappa shape index (κ3) is 3.22. The summed E-state index contributed by atoms with van der Waals surface area (Å²) in [7, 11) is -3.96. The Balaban J connectivity index is 2.86. The van der Waals surface area contributed by atoms with Gasteiger partial charge in [-0.05, 0) is 12.1 Å². The van der Waals surface area contributed by atoms with Crippen LogP contribution in [0.5, 0.6) is 0 Å². The first-order valence-electron chi connectivity index (χ1n) is 4.04. The second-order valence-corrected chi connectivity index (χ2v) is 4.51. The van der Waals surface area contributed by atoms with Crippen LogP contribution in [0.3, 0.4) is 0 Å². The Kier molecular flexibility index (Phi) is 3.72. The summed E-state index contributed by atoms with van der Waals surface area (Å²) in [5, 5.41) is 0. The number of nitrogens with one attached hydrogen (secondary N) is 1. The number of benzene rings is 1. The lowest BCUT2D eigenvalue weighted by Crippen LogP contribution is -2.46. The van der Waals surface area contributed by atoms with E-state index in [4.69, 9.17) is 5.73 Å². The molecule has 84 valence electrons. The Bertz CT molecular complexity index is 408. The van der Waals surface area contributed by atoms with Gasteiger partial charge >= 0.3 is 0 Å². The number of hydrogen-bond acceptors (Lipinski definition) is 3. The molecule has 0 bridgehead atoms. The molecular formula is C8H10F2N2O2S. The van der Waals surface area contributed by atoms with E-state index in [1.165, 1.54) is 24.3 Å². The molecule has 7 heteroatoms. The van der Waals surface area contributed by atoms with Crippen molar-refractivity contribution in [3.8, 4) is 0 Å². The Morgan fingerprint density at radius 2 is 1.73 bits per heavy atom. The predicted octanol–water partition coefficient (Wildman–Crippen LogP) is 0.515. The molecule has 4 nitrogen and oxygen atoms in total. The van der Waals surface area contributed by atoms with Crippen molar-refractivity contribution >= 4 is 10.0 Å². The number of hydrogen-bond donors (Lipinski definition) is 2. The molecule has 1 rings (SSSR count). The molecule has 0 saturated carbocycles. The molecule has 1 aromatic carbocycles. The SMILES string of the molecule is NC(NS(=O)(=O)c1ccccc1)C(F)F. The summed E-state index contributed by atoms with van der Waals surface area (Å²) in [5.74, 6) is 0. The summed E-state index contributed by atoms with van der Waals surface area (Å²) in [6.07, 6.45) is -4.83. The standard InChI is InChI=1S/C8H10F2N2O2S/c9-7(10)8(11)12-15(13,14)6-4-2-1-3-5-6/h1-5,7-8,12H,11H2. The van der Waals surface area contributed by atoms with Crippen LogP contribution < -0.4 is 10.5 Å². The fraction of sp³-hybridized carbons (Fsp3) is 0.250. The largest absolute Gasteiger partial charge is 0.310 e. The zero-order chi connectivity index (χ0) is 11.5. The summed E-state index contributed by atoms with van der Waals surface area (Å²) in [6, 6.07) is 7.18. The molecule has 0 radical (unpaired) electrons. The molecule has 0 aliphatic heterocycles. The average molecular weight is 236 g/mol. The van der Waals surface area contributed by atoms with Gasteiger partial charge in [0.05, 0.1) is 4.90 Å². The molecule has 0 spiro atoms. The van der Waals surface area contributed by atoms with Crippen LogP contribution in [0.2, 0.25) is 0 Å². The van der Waals surface area contributed by atoms with E-state index in [-0.39, 0.29) is 4.90 Å². The van der Waals surface area contributed by atoms with E-state index in [0.29, 0.717) is 0 Å². The van der Waals surface area contributed by atoms with Gasteiger partial charge < -0.3 is 5.73 Å². The van der Waals surface area contributed by atoms with Gasteiger partial charge in [0.25, 0.3) is 6.43 Å². The highest BCUT2D eigenvalue weighted by Gasteiger charge is 2.23. The van der Waals surface area contributed by atoms with Gasteiger partial charge in [0, 0.05) is 0 Å². The van der Waals surface area contributed by atoms with Gasteiger partial charge in [-0.1, -0.05) is 18.2 Å². The summed E-state index contributed by atoms with van der Waals surface area (Å²) >= 11 is 0. The van der Waals surface area contributed by atoms with Crippen LogP contribution in [0.4, 0.5) is 8.78 Å². The lowest BCUT2D eigenvalue weighted by molar-refractivity contribution is 0.111. The lowest BCUT2D eigenvalue weighted by atomic mass is 10.4. The quantitative estimate of drug-likeness (QED) is 0.748. The third-order valence-corrected chi connectivity index (χ3v) is 3.09. The van der Waals surface area contributed by atoms with Gasteiger partial charge in [0.2, 0.25) is 10.0 Å². The minimum Gasteiger partial charge on any atom is -0.310 e. The highest BCUT2D eigenvalue weighted by Crippen LogP contribution is 2.08. The molecule has 15 heavy (non-hydrogen) atoms. The minimum atomic E-state index is -3.96. The monoisotopic (exact) mass is 236 g/mol. The maximum absolute atomic E-state index is 12.0. The molecule has 0 aromatic heterocycles. The molecule has 0 fully saturated rings. The summed E-state index contributed by atoms with van der Waals surface area (Å²) in [4.78, 5) is -0.0962. The second kappa shape index (κ2) is 4.65. The molecule has 1 atom stereocenters. The number of rotatable bonds is 4. The summed E-state index contributed by atoms with van der Waals surface area (Å²) in [6.45, 7) is 0. The summed E-state index contributed by atoms with van der Waals surface area (Å²) < 4.78 is 48.6. The van der Waals surface area contributed by atoms with Crippen molar-refractivity contribution in [3.05, 3.63) is 30.3 Å². The van der Waals surface area contributed by atoms with E-state index in [1.54, 1.807) is 10.8 Å². The van der Waals surface area contributed by atoms with Crippen LogP contribution in [0.15, 0.2) is 35.2 Å². The van der Waals surface area contributed by atoms with Crippen molar-refractivity contribution in [2.75, 3.05) is 0 Å². The van der Waals surface area contributed by atoms with Crippen LogP contribution in [0.1, 0.15) is 0 Å². The maximum Gasteiger partial charge on any atom is 0.267 e. The number of halogens is 2. The molecule has 0 aliphatic rings. The van der Waals surface area contributed by atoms with Crippen molar-refractivity contribution in [2.45, 2.75) is 17.5 Å². The first-order chi connectivity index (χ1) is 6.93. The zero-order valence-electron chi connectivity index (χ0n) is 7.60. The molecule has 0 saturated heterocycles. The number of alkyl halides is 2. The molecule has 0 amide bonds. The number of sulfonamides is 1. The van der Waals surface area contributed by atoms with E-state index in [0.717, 1.165) is 0 Å². The van der Waals surface area contributed by atoms with E-state index in [9.17, 15) is 17.2 Å². The molecule has 1 aromatic rings. The molecular weight excluding hydrogens is 226 g/mol. The van der Waals surface area contributed by atoms with Gasteiger partial charge in [-0.2, -0.15) is 4.72 Å². The molecule has 0 heterocycles. The van der Waals surface area contributed by atoms with Gasteiger partial charge in [-0.25, -0.2) is 17.2 Å². The lowest BCUT2D eigenvalue weighted by Gasteiger charge is -2.12. The normalized spacial score (nSPS) is 14.1. The van der Waals surface area contributed by atoms with Crippen molar-refractivity contribution < 1.29 is 17.2 Å². The van der Waals surface area contributed by atoms with Crippen LogP contribution in [0.25, 0.3) is 0 Å². The highest BCUT2D eigenvalue weighted by atomic mass is 32.2. The minimum absolute atomic E-state index is 0.0962. The van der Waals surface area contributed by atoms with Crippen molar-refractivity contribution in [1.82, 2.24) is 4.72 Å². The van der Waals surface area contributed by atoms with E-state index >= 15 is 0 Å². The molecule has 1 unspecified atom stereocenters. The van der Waals surface area contributed by atoms with E-state index < -0.39 is 22.6 Å². The first kappa shape index (κ1) is 12.0. The Labute approximate surface area is 86.1 Å². The topological polar surface area (TPSA) is 72.2 Å². The van der Waals surface area contributed by atoms with Crippen molar-refractivity contribution in [1.29, 1.82) is 0 Å². The van der Waals surface area contributed by atoms with Gasteiger partial charge in [0.1, 0.15) is 6.17 Å². The Morgan fingerprint density at radius 1 is 1.20 bits per heavy atom. The van der Waals surface area contributed by atoms with E-state index in [2.05, 4.69) is 0 Å². The van der Waals surface area contributed by atoms with E-state index in [1.807, 2.05) is 0 Å². The highest BCUT2D eigenvalue weighted by molar-refractivity contribution is 7.89. The Morgan fingerprint density at radius 3 is 2.20 bits per heavy atom. The van der Waals surface area contributed by atoms with Gasteiger partial charge in [0.15, 0.2) is 0 Å². The number of nitrogens with two attached hydrogens (primary N) is 1. The molecule has 3 N–H and O–H groups in total. The third-order valence-electron chi connectivity index (χ3n) is 1.62. The van der Waals surface area contributed by atoms with Gasteiger partial charge in [-0.15, -0.1) is 0 Å². The Hall–Kier alpha value is -1.05. The second-order valence-electron chi connectivity index (χ2n) is 2.79. The zero-order valence-corrected chi connectivity index (χ0v) is 8.42. The van der Waals surface area contributed by atoms with Gasteiger partial charge in [-0.3, -0.25) is 0 Å². The smallest absolute Gasteiger partial charge is 0.267 e. The average Bonchev–Trinajstić information content (AvgIpc) is 2.18. The van der Waals surface area contributed by atoms with Crippen LogP contribution in [0, 0.1) is 0 Å².